The van der Waals surface area contributed by atoms with Gasteiger partial charge >= 0.3 is 6.03 Å². The number of hydrogen-bond donors (Lipinski definition) is 2. The molecule has 3 rings (SSSR count). The summed E-state index contributed by atoms with van der Waals surface area (Å²) in [7, 11) is 1.58. The van der Waals surface area contributed by atoms with Gasteiger partial charge in [0.2, 0.25) is 0 Å². The summed E-state index contributed by atoms with van der Waals surface area (Å²) in [6.45, 7) is 3.24. The Morgan fingerprint density at radius 3 is 2.61 bits per heavy atom. The van der Waals surface area contributed by atoms with Crippen molar-refractivity contribution >= 4 is 22.6 Å². The number of fused-ring (bicyclic) bond motifs is 1. The summed E-state index contributed by atoms with van der Waals surface area (Å²) in [6, 6.07) is 10.8. The number of urea groups is 1. The fourth-order valence-corrected chi connectivity index (χ4v) is 3.13. The molecule has 1 atom stereocenters. The Bertz CT molecular complexity index is 839. The molecule has 5 heteroatoms. The molecule has 0 aliphatic carbocycles. The van der Waals surface area contributed by atoms with E-state index in [0.29, 0.717) is 17.0 Å². The monoisotopic (exact) mass is 310 g/mol. The summed E-state index contributed by atoms with van der Waals surface area (Å²) in [6.07, 6.45) is 0. The average Bonchev–Trinajstić information content (AvgIpc) is 2.52. The van der Waals surface area contributed by atoms with E-state index in [4.69, 9.17) is 4.74 Å². The molecule has 5 nitrogen and oxygen atoms in total. The summed E-state index contributed by atoms with van der Waals surface area (Å²) in [4.78, 5) is 24.1. The molecule has 2 aromatic carbocycles. The first kappa shape index (κ1) is 15.1. The molecule has 0 unspecified atom stereocenters. The average molecular weight is 310 g/mol. The third-order valence-electron chi connectivity index (χ3n) is 4.09. The van der Waals surface area contributed by atoms with Crippen LogP contribution < -0.4 is 15.4 Å². The minimum atomic E-state index is -0.540. The van der Waals surface area contributed by atoms with Crippen molar-refractivity contribution in [1.29, 1.82) is 0 Å². The Labute approximate surface area is 134 Å². The van der Waals surface area contributed by atoms with E-state index in [1.807, 2.05) is 36.4 Å². The highest BCUT2D eigenvalue weighted by Crippen LogP contribution is 2.38. The predicted molar refractivity (Wildman–Crippen MR) is 88.3 cm³/mol. The summed E-state index contributed by atoms with van der Waals surface area (Å²) in [5.74, 6) is 0.553. The zero-order valence-electron chi connectivity index (χ0n) is 13.3. The molecule has 1 heterocycles. The zero-order chi connectivity index (χ0) is 16.6. The summed E-state index contributed by atoms with van der Waals surface area (Å²) in [5.41, 5.74) is 1.91. The van der Waals surface area contributed by atoms with Gasteiger partial charge in [0.15, 0.2) is 5.78 Å². The lowest BCUT2D eigenvalue weighted by Crippen LogP contribution is -2.44. The highest BCUT2D eigenvalue weighted by Gasteiger charge is 2.32. The highest BCUT2D eigenvalue weighted by atomic mass is 16.5. The fraction of sp³-hybridized carbons (Fsp3) is 0.222. The van der Waals surface area contributed by atoms with E-state index in [1.165, 1.54) is 6.92 Å². The van der Waals surface area contributed by atoms with Gasteiger partial charge in [-0.05, 0) is 30.7 Å². The van der Waals surface area contributed by atoms with Crippen molar-refractivity contribution in [2.75, 3.05) is 7.11 Å². The number of nitrogens with one attached hydrogen (secondary N) is 2. The number of carbonyl (C=O) groups excluding carboxylic acids is 2. The zero-order valence-corrected chi connectivity index (χ0v) is 13.3. The SMILES string of the molecule is COc1ccc2ccccc2c1[C@@H]1NC(=O)NC(C)=C1C(C)=O. The molecule has 0 aromatic heterocycles. The second kappa shape index (κ2) is 5.76. The van der Waals surface area contributed by atoms with Gasteiger partial charge in [0.1, 0.15) is 5.75 Å². The number of rotatable bonds is 3. The lowest BCUT2D eigenvalue weighted by Gasteiger charge is -2.29. The molecule has 0 bridgehead atoms. The van der Waals surface area contributed by atoms with Crippen molar-refractivity contribution in [2.45, 2.75) is 19.9 Å². The molecule has 2 N–H and O–H groups in total. The fourth-order valence-electron chi connectivity index (χ4n) is 3.13. The van der Waals surface area contributed by atoms with Gasteiger partial charge in [-0.25, -0.2) is 4.79 Å². The van der Waals surface area contributed by atoms with E-state index >= 15 is 0 Å². The van der Waals surface area contributed by atoms with E-state index < -0.39 is 6.04 Å². The van der Waals surface area contributed by atoms with Gasteiger partial charge < -0.3 is 15.4 Å². The van der Waals surface area contributed by atoms with Crippen molar-refractivity contribution in [2.24, 2.45) is 0 Å². The standard InChI is InChI=1S/C18H18N2O3/c1-10-15(11(2)21)17(20-18(22)19-10)16-13-7-5-4-6-12(13)8-9-14(16)23-3/h4-9,17H,1-3H3,(H2,19,20,22)/t17-/m1/s1. The van der Waals surface area contributed by atoms with Gasteiger partial charge in [0, 0.05) is 16.8 Å². The highest BCUT2D eigenvalue weighted by molar-refractivity contribution is 6.00. The number of amides is 2. The normalized spacial score (nSPS) is 17.7. The van der Waals surface area contributed by atoms with Crippen LogP contribution in [0, 0.1) is 0 Å². The van der Waals surface area contributed by atoms with Gasteiger partial charge in [0.25, 0.3) is 0 Å². The lowest BCUT2D eigenvalue weighted by atomic mass is 9.89. The Balaban J connectivity index is 2.31. The molecule has 2 amide bonds. The molecular formula is C18H18N2O3. The number of ketones is 1. The van der Waals surface area contributed by atoms with Crippen LogP contribution in [-0.2, 0) is 4.79 Å². The first-order chi connectivity index (χ1) is 11.0. The number of benzene rings is 2. The summed E-state index contributed by atoms with van der Waals surface area (Å²) in [5, 5.41) is 7.49. The van der Waals surface area contributed by atoms with Crippen molar-refractivity contribution in [1.82, 2.24) is 10.6 Å². The largest absolute Gasteiger partial charge is 0.496 e. The number of Topliss-reactive ketones (excluding diaryl/α,β-unsaturated/α-hetero) is 1. The first-order valence-corrected chi connectivity index (χ1v) is 7.37. The van der Waals surface area contributed by atoms with Gasteiger partial charge in [-0.1, -0.05) is 30.3 Å². The van der Waals surface area contributed by atoms with Crippen molar-refractivity contribution in [3.63, 3.8) is 0 Å². The number of carbonyl (C=O) groups is 2. The Morgan fingerprint density at radius 1 is 1.17 bits per heavy atom. The van der Waals surface area contributed by atoms with Crippen LogP contribution in [0.25, 0.3) is 10.8 Å². The number of hydrogen-bond acceptors (Lipinski definition) is 3. The van der Waals surface area contributed by atoms with Crippen LogP contribution in [0.15, 0.2) is 47.7 Å². The molecule has 0 radical (unpaired) electrons. The van der Waals surface area contributed by atoms with Crippen LogP contribution >= 0.6 is 0 Å². The maximum atomic E-state index is 12.1. The summed E-state index contributed by atoms with van der Waals surface area (Å²) < 4.78 is 5.50. The third kappa shape index (κ3) is 2.54. The van der Waals surface area contributed by atoms with Gasteiger partial charge in [-0.15, -0.1) is 0 Å². The molecule has 0 fully saturated rings. The van der Waals surface area contributed by atoms with Gasteiger partial charge in [-0.2, -0.15) is 0 Å². The van der Waals surface area contributed by atoms with Crippen molar-refractivity contribution in [3.05, 3.63) is 53.2 Å². The van der Waals surface area contributed by atoms with E-state index in [-0.39, 0.29) is 11.8 Å². The number of methoxy groups -OCH3 is 1. The van der Waals surface area contributed by atoms with E-state index in [2.05, 4.69) is 10.6 Å². The smallest absolute Gasteiger partial charge is 0.319 e. The van der Waals surface area contributed by atoms with E-state index in [1.54, 1.807) is 14.0 Å². The topological polar surface area (TPSA) is 67.4 Å². The second-order valence-corrected chi connectivity index (χ2v) is 5.53. The van der Waals surface area contributed by atoms with Crippen molar-refractivity contribution in [3.8, 4) is 5.75 Å². The van der Waals surface area contributed by atoms with E-state index in [0.717, 1.165) is 16.3 Å². The summed E-state index contributed by atoms with van der Waals surface area (Å²) >= 11 is 0. The van der Waals surface area contributed by atoms with Crippen LogP contribution in [0.4, 0.5) is 4.79 Å². The molecule has 0 spiro atoms. The van der Waals surface area contributed by atoms with Crippen LogP contribution in [0.3, 0.4) is 0 Å². The van der Waals surface area contributed by atoms with Gasteiger partial charge in [0.05, 0.1) is 13.2 Å². The van der Waals surface area contributed by atoms with Crippen LogP contribution in [0.5, 0.6) is 5.75 Å². The minimum Gasteiger partial charge on any atom is -0.496 e. The molecule has 1 aliphatic rings. The molecule has 0 saturated carbocycles. The quantitative estimate of drug-likeness (QED) is 0.915. The van der Waals surface area contributed by atoms with Crippen LogP contribution in [0.1, 0.15) is 25.5 Å². The lowest BCUT2D eigenvalue weighted by molar-refractivity contribution is -0.114. The predicted octanol–water partition coefficient (Wildman–Crippen LogP) is 3.07. The first-order valence-electron chi connectivity index (χ1n) is 7.37. The molecule has 0 saturated heterocycles. The third-order valence-corrected chi connectivity index (χ3v) is 4.09. The Kier molecular flexibility index (Phi) is 3.78. The molecule has 23 heavy (non-hydrogen) atoms. The molecule has 2 aromatic rings. The van der Waals surface area contributed by atoms with E-state index in [9.17, 15) is 9.59 Å². The molecular weight excluding hydrogens is 292 g/mol. The molecule has 1 aliphatic heterocycles. The Morgan fingerprint density at radius 2 is 1.91 bits per heavy atom. The minimum absolute atomic E-state index is 0.0880. The van der Waals surface area contributed by atoms with Gasteiger partial charge in [-0.3, -0.25) is 4.79 Å². The van der Waals surface area contributed by atoms with Crippen LogP contribution in [-0.4, -0.2) is 18.9 Å². The second-order valence-electron chi connectivity index (χ2n) is 5.53. The number of allylic oxidation sites excluding steroid dienone is 1. The van der Waals surface area contributed by atoms with Crippen molar-refractivity contribution < 1.29 is 14.3 Å². The Hall–Kier alpha value is -2.82. The molecule has 118 valence electrons. The maximum absolute atomic E-state index is 12.1. The van der Waals surface area contributed by atoms with Crippen LogP contribution in [0.2, 0.25) is 0 Å². The maximum Gasteiger partial charge on any atom is 0.319 e. The number of ether oxygens (including phenoxy) is 1.